The molecule has 1 aliphatic heterocycles. The Hall–Kier alpha value is -0.390. The van der Waals surface area contributed by atoms with Crippen molar-refractivity contribution in [1.29, 1.82) is 0 Å². The van der Waals surface area contributed by atoms with Crippen molar-refractivity contribution in [2.24, 2.45) is 0 Å². The van der Waals surface area contributed by atoms with Gasteiger partial charge in [-0.15, -0.1) is 22.7 Å². The molecule has 21 heavy (non-hydrogen) atoms. The van der Waals surface area contributed by atoms with Crippen molar-refractivity contribution in [3.63, 3.8) is 0 Å². The Morgan fingerprint density at radius 1 is 1.19 bits per heavy atom. The van der Waals surface area contributed by atoms with E-state index in [1.165, 1.54) is 42.1 Å². The number of halogens is 1. The molecule has 0 aromatic carbocycles. The van der Waals surface area contributed by atoms with Gasteiger partial charge in [0.05, 0.1) is 10.4 Å². The third-order valence-corrected chi connectivity index (χ3v) is 6.62. The first-order valence-electron chi connectivity index (χ1n) is 7.58. The highest BCUT2D eigenvalue weighted by molar-refractivity contribution is 7.16. The summed E-state index contributed by atoms with van der Waals surface area (Å²) >= 11 is 9.66. The summed E-state index contributed by atoms with van der Waals surface area (Å²) in [5.74, 6) is 0. The van der Waals surface area contributed by atoms with Gasteiger partial charge in [0.15, 0.2) is 0 Å². The van der Waals surface area contributed by atoms with E-state index in [0.29, 0.717) is 12.1 Å². The quantitative estimate of drug-likeness (QED) is 0.870. The first-order valence-corrected chi connectivity index (χ1v) is 9.66. The van der Waals surface area contributed by atoms with Crippen molar-refractivity contribution in [1.82, 2.24) is 10.2 Å². The lowest BCUT2D eigenvalue weighted by Crippen LogP contribution is -2.35. The molecule has 5 heteroatoms. The molecule has 1 saturated carbocycles. The number of hydrogen-bond acceptors (Lipinski definition) is 4. The first-order chi connectivity index (χ1) is 10.3. The van der Waals surface area contributed by atoms with Crippen LogP contribution in [-0.2, 0) is 0 Å². The van der Waals surface area contributed by atoms with Gasteiger partial charge in [0.2, 0.25) is 0 Å². The molecule has 2 aliphatic rings. The van der Waals surface area contributed by atoms with Crippen molar-refractivity contribution >= 4 is 34.3 Å². The summed E-state index contributed by atoms with van der Waals surface area (Å²) in [4.78, 5) is 5.37. The summed E-state index contributed by atoms with van der Waals surface area (Å²) in [6.45, 7) is 2.45. The topological polar surface area (TPSA) is 15.3 Å². The SMILES string of the molecule is Clc1ccc(C(NC2CCN(C3CC3)C2)c2cccs2)s1. The van der Waals surface area contributed by atoms with Crippen molar-refractivity contribution in [3.05, 3.63) is 43.7 Å². The van der Waals surface area contributed by atoms with Crippen molar-refractivity contribution in [2.45, 2.75) is 37.4 Å². The molecule has 0 bridgehead atoms. The normalized spacial score (nSPS) is 24.5. The number of likely N-dealkylation sites (tertiary alicyclic amines) is 1. The van der Waals surface area contributed by atoms with E-state index >= 15 is 0 Å². The molecule has 2 aromatic rings. The van der Waals surface area contributed by atoms with Crippen LogP contribution < -0.4 is 5.32 Å². The second kappa shape index (κ2) is 6.01. The van der Waals surface area contributed by atoms with E-state index < -0.39 is 0 Å². The Kier molecular flexibility index (Phi) is 4.07. The zero-order valence-corrected chi connectivity index (χ0v) is 14.2. The lowest BCUT2D eigenvalue weighted by atomic mass is 10.1. The Balaban J connectivity index is 1.50. The highest BCUT2D eigenvalue weighted by Crippen LogP contribution is 2.35. The van der Waals surface area contributed by atoms with Gasteiger partial charge in [0, 0.05) is 34.9 Å². The Labute approximate surface area is 138 Å². The molecule has 1 aliphatic carbocycles. The van der Waals surface area contributed by atoms with Crippen LogP contribution in [-0.4, -0.2) is 30.1 Å². The number of nitrogens with zero attached hydrogens (tertiary/aromatic N) is 1. The predicted octanol–water partition coefficient (Wildman–Crippen LogP) is 4.38. The van der Waals surface area contributed by atoms with E-state index in [9.17, 15) is 0 Å². The van der Waals surface area contributed by atoms with E-state index in [-0.39, 0.29) is 0 Å². The molecular weight excluding hydrogens is 320 g/mol. The summed E-state index contributed by atoms with van der Waals surface area (Å²) < 4.78 is 0.874. The monoisotopic (exact) mass is 338 g/mol. The summed E-state index contributed by atoms with van der Waals surface area (Å²) in [6.07, 6.45) is 4.07. The van der Waals surface area contributed by atoms with Crippen LogP contribution in [0.25, 0.3) is 0 Å². The van der Waals surface area contributed by atoms with E-state index in [0.717, 1.165) is 10.4 Å². The van der Waals surface area contributed by atoms with Gasteiger partial charge >= 0.3 is 0 Å². The van der Waals surface area contributed by atoms with Gasteiger partial charge in [-0.25, -0.2) is 0 Å². The van der Waals surface area contributed by atoms with Crippen LogP contribution in [0.2, 0.25) is 4.34 Å². The molecule has 2 fully saturated rings. The van der Waals surface area contributed by atoms with E-state index in [1.54, 1.807) is 11.3 Å². The lowest BCUT2D eigenvalue weighted by molar-refractivity contribution is 0.315. The van der Waals surface area contributed by atoms with Crippen LogP contribution in [0.15, 0.2) is 29.6 Å². The Bertz CT molecular complexity index is 591. The molecule has 0 spiro atoms. The van der Waals surface area contributed by atoms with Crippen LogP contribution in [0, 0.1) is 0 Å². The molecule has 2 atom stereocenters. The van der Waals surface area contributed by atoms with Gasteiger partial charge in [-0.05, 0) is 42.8 Å². The number of nitrogens with one attached hydrogen (secondary N) is 1. The smallest absolute Gasteiger partial charge is 0.0931 e. The molecular formula is C16H19ClN2S2. The molecule has 3 heterocycles. The highest BCUT2D eigenvalue weighted by Gasteiger charge is 2.35. The largest absolute Gasteiger partial charge is 0.301 e. The third kappa shape index (κ3) is 3.20. The number of hydrogen-bond donors (Lipinski definition) is 1. The summed E-state index contributed by atoms with van der Waals surface area (Å²) in [5.41, 5.74) is 0. The average molecular weight is 339 g/mol. The molecule has 2 aromatic heterocycles. The molecule has 2 nitrogen and oxygen atoms in total. The molecule has 1 N–H and O–H groups in total. The minimum atomic E-state index is 0.298. The van der Waals surface area contributed by atoms with Crippen LogP contribution >= 0.6 is 34.3 Å². The van der Waals surface area contributed by atoms with Gasteiger partial charge in [-0.2, -0.15) is 0 Å². The Morgan fingerprint density at radius 2 is 2.10 bits per heavy atom. The second-order valence-corrected chi connectivity index (χ2v) is 8.69. The fourth-order valence-electron chi connectivity index (χ4n) is 3.17. The minimum absolute atomic E-state index is 0.298. The van der Waals surface area contributed by atoms with Crippen LogP contribution in [0.3, 0.4) is 0 Å². The summed E-state index contributed by atoms with van der Waals surface area (Å²) in [5, 5.41) is 6.04. The zero-order chi connectivity index (χ0) is 14.2. The molecule has 2 unspecified atom stereocenters. The second-order valence-electron chi connectivity index (χ2n) is 5.97. The standard InChI is InChI=1S/C16H19ClN2S2/c17-15-6-5-14(21-15)16(13-2-1-9-20-13)18-11-7-8-19(10-11)12-3-4-12/h1-2,5-6,9,11-12,16,18H,3-4,7-8,10H2. The van der Waals surface area contributed by atoms with Crippen molar-refractivity contribution in [2.75, 3.05) is 13.1 Å². The molecule has 1 saturated heterocycles. The maximum Gasteiger partial charge on any atom is 0.0931 e. The summed E-state index contributed by atoms with van der Waals surface area (Å²) in [6, 6.07) is 10.3. The molecule has 0 amide bonds. The van der Waals surface area contributed by atoms with E-state index in [2.05, 4.69) is 33.8 Å². The predicted molar refractivity (Wildman–Crippen MR) is 91.6 cm³/mol. The number of rotatable bonds is 5. The maximum atomic E-state index is 6.14. The average Bonchev–Trinajstić information content (AvgIpc) is 2.93. The highest BCUT2D eigenvalue weighted by atomic mass is 35.5. The van der Waals surface area contributed by atoms with Crippen molar-refractivity contribution in [3.8, 4) is 0 Å². The fourth-order valence-corrected chi connectivity index (χ4v) is 5.19. The minimum Gasteiger partial charge on any atom is -0.301 e. The maximum absolute atomic E-state index is 6.14. The Morgan fingerprint density at radius 3 is 2.76 bits per heavy atom. The first kappa shape index (κ1) is 14.2. The number of thiophene rings is 2. The summed E-state index contributed by atoms with van der Waals surface area (Å²) in [7, 11) is 0. The van der Waals surface area contributed by atoms with Crippen LogP contribution in [0.5, 0.6) is 0 Å². The van der Waals surface area contributed by atoms with Crippen LogP contribution in [0.4, 0.5) is 0 Å². The van der Waals surface area contributed by atoms with E-state index in [1.807, 2.05) is 17.4 Å². The zero-order valence-electron chi connectivity index (χ0n) is 11.8. The molecule has 0 radical (unpaired) electrons. The van der Waals surface area contributed by atoms with Gasteiger partial charge in [0.25, 0.3) is 0 Å². The van der Waals surface area contributed by atoms with Crippen molar-refractivity contribution < 1.29 is 0 Å². The lowest BCUT2D eigenvalue weighted by Gasteiger charge is -2.22. The van der Waals surface area contributed by atoms with Gasteiger partial charge in [-0.3, -0.25) is 4.90 Å². The van der Waals surface area contributed by atoms with Crippen LogP contribution in [0.1, 0.15) is 35.1 Å². The fraction of sp³-hybridized carbons (Fsp3) is 0.500. The van der Waals surface area contributed by atoms with Gasteiger partial charge in [0.1, 0.15) is 0 Å². The van der Waals surface area contributed by atoms with Gasteiger partial charge in [-0.1, -0.05) is 17.7 Å². The van der Waals surface area contributed by atoms with E-state index in [4.69, 9.17) is 11.6 Å². The molecule has 112 valence electrons. The molecule has 4 rings (SSSR count). The third-order valence-electron chi connectivity index (χ3n) is 4.39. The van der Waals surface area contributed by atoms with Gasteiger partial charge < -0.3 is 5.32 Å².